The first-order valence-corrected chi connectivity index (χ1v) is 10.8. The van der Waals surface area contributed by atoms with Gasteiger partial charge in [0.1, 0.15) is 5.82 Å². The van der Waals surface area contributed by atoms with Gasteiger partial charge in [0.2, 0.25) is 0 Å². The molecule has 2 aromatic rings. The zero-order valence-corrected chi connectivity index (χ0v) is 17.2. The molecule has 29 heavy (non-hydrogen) atoms. The SMILES string of the molecule is CCCN1CCC(c2ccc(Nc3cc(NC4CC4)c(C(N)=O)cn3)cc2)CC1. The molecule has 2 heterocycles. The Morgan fingerprint density at radius 3 is 2.52 bits per heavy atom. The molecule has 4 N–H and O–H groups in total. The van der Waals surface area contributed by atoms with E-state index in [2.05, 4.69) is 51.7 Å². The minimum absolute atomic E-state index is 0.436. The van der Waals surface area contributed by atoms with Crippen molar-refractivity contribution in [2.45, 2.75) is 51.0 Å². The highest BCUT2D eigenvalue weighted by Gasteiger charge is 2.23. The third-order valence-electron chi connectivity index (χ3n) is 5.89. The summed E-state index contributed by atoms with van der Waals surface area (Å²) in [4.78, 5) is 18.6. The van der Waals surface area contributed by atoms with Gasteiger partial charge in [-0.1, -0.05) is 19.1 Å². The maximum absolute atomic E-state index is 11.7. The van der Waals surface area contributed by atoms with Crippen molar-refractivity contribution in [2.75, 3.05) is 30.3 Å². The maximum atomic E-state index is 11.7. The number of carbonyl (C=O) groups is 1. The number of piperidine rings is 1. The van der Waals surface area contributed by atoms with Crippen molar-refractivity contribution in [3.8, 4) is 0 Å². The van der Waals surface area contributed by atoms with Crippen LogP contribution < -0.4 is 16.4 Å². The summed E-state index contributed by atoms with van der Waals surface area (Å²) in [7, 11) is 0. The third kappa shape index (κ3) is 5.07. The van der Waals surface area contributed by atoms with Crippen LogP contribution in [0.15, 0.2) is 36.5 Å². The average Bonchev–Trinajstić information content (AvgIpc) is 3.53. The fourth-order valence-corrected chi connectivity index (χ4v) is 4.08. The first-order chi connectivity index (χ1) is 14.1. The summed E-state index contributed by atoms with van der Waals surface area (Å²) in [5, 5.41) is 6.72. The van der Waals surface area contributed by atoms with Crippen LogP contribution in [-0.2, 0) is 0 Å². The van der Waals surface area contributed by atoms with Crippen molar-refractivity contribution < 1.29 is 4.79 Å². The molecule has 0 radical (unpaired) electrons. The molecule has 0 atom stereocenters. The average molecular weight is 394 g/mol. The minimum Gasteiger partial charge on any atom is -0.382 e. The highest BCUT2D eigenvalue weighted by molar-refractivity contribution is 5.98. The zero-order valence-electron chi connectivity index (χ0n) is 17.2. The Kier molecular flexibility index (Phi) is 6.00. The smallest absolute Gasteiger partial charge is 0.252 e. The van der Waals surface area contributed by atoms with E-state index in [1.165, 1.54) is 44.5 Å². The lowest BCUT2D eigenvalue weighted by Crippen LogP contribution is -2.33. The molecule has 6 nitrogen and oxygen atoms in total. The van der Waals surface area contributed by atoms with E-state index in [0.29, 0.717) is 23.3 Å². The summed E-state index contributed by atoms with van der Waals surface area (Å²) < 4.78 is 0. The summed E-state index contributed by atoms with van der Waals surface area (Å²) in [5.41, 5.74) is 9.09. The molecule has 1 amide bonds. The molecule has 1 saturated carbocycles. The molecule has 1 aromatic carbocycles. The largest absolute Gasteiger partial charge is 0.382 e. The van der Waals surface area contributed by atoms with Crippen LogP contribution >= 0.6 is 0 Å². The molecule has 154 valence electrons. The Morgan fingerprint density at radius 2 is 1.90 bits per heavy atom. The van der Waals surface area contributed by atoms with Crippen molar-refractivity contribution >= 4 is 23.1 Å². The second-order valence-electron chi connectivity index (χ2n) is 8.26. The van der Waals surface area contributed by atoms with Gasteiger partial charge in [0.15, 0.2) is 0 Å². The molecule has 1 aromatic heterocycles. The molecular formula is C23H31N5O. The Labute approximate surface area is 172 Å². The lowest BCUT2D eigenvalue weighted by atomic mass is 9.89. The van der Waals surface area contributed by atoms with Crippen molar-refractivity contribution in [3.63, 3.8) is 0 Å². The van der Waals surface area contributed by atoms with Crippen molar-refractivity contribution in [3.05, 3.63) is 47.7 Å². The maximum Gasteiger partial charge on any atom is 0.252 e. The molecule has 4 rings (SSSR count). The lowest BCUT2D eigenvalue weighted by Gasteiger charge is -2.32. The highest BCUT2D eigenvalue weighted by Crippen LogP contribution is 2.31. The molecule has 0 unspecified atom stereocenters. The van der Waals surface area contributed by atoms with Gasteiger partial charge in [0.05, 0.1) is 11.3 Å². The van der Waals surface area contributed by atoms with Crippen LogP contribution in [0.5, 0.6) is 0 Å². The fraction of sp³-hybridized carbons (Fsp3) is 0.478. The van der Waals surface area contributed by atoms with Gasteiger partial charge >= 0.3 is 0 Å². The van der Waals surface area contributed by atoms with Gasteiger partial charge in [0, 0.05) is 24.0 Å². The van der Waals surface area contributed by atoms with Gasteiger partial charge in [-0.2, -0.15) is 0 Å². The van der Waals surface area contributed by atoms with Gasteiger partial charge in [0.25, 0.3) is 5.91 Å². The Morgan fingerprint density at radius 1 is 1.17 bits per heavy atom. The van der Waals surface area contributed by atoms with E-state index in [1.54, 1.807) is 6.20 Å². The molecule has 0 spiro atoms. The van der Waals surface area contributed by atoms with Crippen LogP contribution in [0.1, 0.15) is 60.9 Å². The number of rotatable bonds is 8. The number of hydrogen-bond donors (Lipinski definition) is 3. The molecule has 2 fully saturated rings. The number of aromatic nitrogens is 1. The summed E-state index contributed by atoms with van der Waals surface area (Å²) in [6.07, 6.45) is 7.51. The van der Waals surface area contributed by atoms with Crippen LogP contribution in [0.25, 0.3) is 0 Å². The first kappa shape index (κ1) is 19.7. The van der Waals surface area contributed by atoms with E-state index < -0.39 is 5.91 Å². The molecule has 1 aliphatic heterocycles. The predicted octanol–water partition coefficient (Wildman–Crippen LogP) is 4.09. The van der Waals surface area contributed by atoms with Crippen molar-refractivity contribution in [1.29, 1.82) is 0 Å². The number of benzene rings is 1. The molecule has 6 heteroatoms. The normalized spacial score (nSPS) is 17.8. The van der Waals surface area contributed by atoms with Crippen LogP contribution in [0.3, 0.4) is 0 Å². The lowest BCUT2D eigenvalue weighted by molar-refractivity contribution is 0.100. The summed E-state index contributed by atoms with van der Waals surface area (Å²) in [5.74, 6) is 0.903. The Bertz CT molecular complexity index is 839. The fourth-order valence-electron chi connectivity index (χ4n) is 4.08. The number of anilines is 3. The molecule has 2 aliphatic rings. The number of nitrogens with two attached hydrogens (primary N) is 1. The molecular weight excluding hydrogens is 362 g/mol. The minimum atomic E-state index is -0.457. The summed E-state index contributed by atoms with van der Waals surface area (Å²) in [6, 6.07) is 11.0. The van der Waals surface area contributed by atoms with Gasteiger partial charge in [-0.25, -0.2) is 4.98 Å². The molecule has 0 bridgehead atoms. The number of carbonyl (C=O) groups excluding carboxylic acids is 1. The van der Waals surface area contributed by atoms with E-state index in [-0.39, 0.29) is 0 Å². The zero-order chi connectivity index (χ0) is 20.2. The van der Waals surface area contributed by atoms with E-state index in [0.717, 1.165) is 24.2 Å². The number of hydrogen-bond acceptors (Lipinski definition) is 5. The van der Waals surface area contributed by atoms with Gasteiger partial charge in [-0.05, 0) is 75.4 Å². The Hall–Kier alpha value is -2.60. The number of amides is 1. The number of nitrogens with zero attached hydrogens (tertiary/aromatic N) is 2. The quantitative estimate of drug-likeness (QED) is 0.629. The molecule has 1 aliphatic carbocycles. The second-order valence-corrected chi connectivity index (χ2v) is 8.26. The van der Waals surface area contributed by atoms with E-state index in [4.69, 9.17) is 5.73 Å². The third-order valence-corrected chi connectivity index (χ3v) is 5.89. The van der Waals surface area contributed by atoms with E-state index >= 15 is 0 Å². The number of pyridine rings is 1. The first-order valence-electron chi connectivity index (χ1n) is 10.8. The van der Waals surface area contributed by atoms with Gasteiger partial charge in [-0.15, -0.1) is 0 Å². The summed E-state index contributed by atoms with van der Waals surface area (Å²) >= 11 is 0. The van der Waals surface area contributed by atoms with Gasteiger partial charge in [-0.3, -0.25) is 4.79 Å². The van der Waals surface area contributed by atoms with Crippen LogP contribution in [0, 0.1) is 0 Å². The summed E-state index contributed by atoms with van der Waals surface area (Å²) in [6.45, 7) is 5.87. The predicted molar refractivity (Wildman–Crippen MR) is 118 cm³/mol. The van der Waals surface area contributed by atoms with E-state index in [1.807, 2.05) is 6.07 Å². The Balaban J connectivity index is 1.40. The topological polar surface area (TPSA) is 83.3 Å². The van der Waals surface area contributed by atoms with E-state index in [9.17, 15) is 4.79 Å². The number of primary amides is 1. The standard InChI is InChI=1S/C23H31N5O/c1-2-11-28-12-9-17(10-13-28)16-3-5-19(6-4-16)27-22-14-21(26-18-7-8-18)20(15-25-22)23(24)29/h3-6,14-15,17-18H,2,7-13H2,1H3,(H2,24,29)(H2,25,26,27). The highest BCUT2D eigenvalue weighted by atomic mass is 16.1. The number of likely N-dealkylation sites (tertiary alicyclic amines) is 1. The second kappa shape index (κ2) is 8.82. The molecule has 1 saturated heterocycles. The van der Waals surface area contributed by atoms with Gasteiger partial charge < -0.3 is 21.3 Å². The van der Waals surface area contributed by atoms with Crippen molar-refractivity contribution in [1.82, 2.24) is 9.88 Å². The van der Waals surface area contributed by atoms with Crippen LogP contribution in [0.2, 0.25) is 0 Å². The number of nitrogens with one attached hydrogen (secondary N) is 2. The van der Waals surface area contributed by atoms with Crippen molar-refractivity contribution in [2.24, 2.45) is 5.73 Å². The van der Waals surface area contributed by atoms with Crippen LogP contribution in [-0.4, -0.2) is 41.5 Å². The van der Waals surface area contributed by atoms with Crippen LogP contribution in [0.4, 0.5) is 17.2 Å². The monoisotopic (exact) mass is 393 g/mol.